The maximum atomic E-state index is 12.2. The van der Waals surface area contributed by atoms with Crippen LogP contribution in [0.25, 0.3) is 11.3 Å². The van der Waals surface area contributed by atoms with E-state index in [1.165, 1.54) is 23.5 Å². The zero-order valence-electron chi connectivity index (χ0n) is 13.7. The molecule has 1 aliphatic heterocycles. The van der Waals surface area contributed by atoms with Crippen LogP contribution in [-0.4, -0.2) is 22.6 Å². The SMILES string of the molecule is O=C(NNc1nc(-c2ccc([N+](=O)[O-])cc2)cs1)c1ccc2c(c1)OCO2. The number of ether oxygens (including phenoxy) is 2. The molecule has 2 aromatic carbocycles. The molecule has 0 aliphatic carbocycles. The van der Waals surface area contributed by atoms with Crippen molar-refractivity contribution in [1.82, 2.24) is 10.4 Å². The van der Waals surface area contributed by atoms with Crippen LogP contribution in [0.3, 0.4) is 0 Å². The van der Waals surface area contributed by atoms with Gasteiger partial charge in [0.25, 0.3) is 11.6 Å². The van der Waals surface area contributed by atoms with Gasteiger partial charge in [-0.05, 0) is 30.3 Å². The molecule has 0 fully saturated rings. The molecule has 0 bridgehead atoms. The number of nitrogens with zero attached hydrogens (tertiary/aromatic N) is 2. The number of nitrogens with one attached hydrogen (secondary N) is 2. The lowest BCUT2D eigenvalue weighted by Gasteiger charge is -2.06. The molecule has 136 valence electrons. The Morgan fingerprint density at radius 3 is 2.70 bits per heavy atom. The molecule has 10 heteroatoms. The van der Waals surface area contributed by atoms with Crippen molar-refractivity contribution in [2.45, 2.75) is 0 Å². The molecule has 2 N–H and O–H groups in total. The fourth-order valence-electron chi connectivity index (χ4n) is 2.44. The van der Waals surface area contributed by atoms with Crippen molar-refractivity contribution in [3.63, 3.8) is 0 Å². The van der Waals surface area contributed by atoms with E-state index in [0.717, 1.165) is 5.56 Å². The van der Waals surface area contributed by atoms with E-state index in [4.69, 9.17) is 9.47 Å². The van der Waals surface area contributed by atoms with E-state index in [1.807, 2.05) is 0 Å². The first-order chi connectivity index (χ1) is 13.1. The van der Waals surface area contributed by atoms with Gasteiger partial charge in [0, 0.05) is 28.6 Å². The number of benzene rings is 2. The number of aromatic nitrogens is 1. The minimum absolute atomic E-state index is 0.0170. The average Bonchev–Trinajstić information content (AvgIpc) is 3.35. The van der Waals surface area contributed by atoms with Crippen LogP contribution in [0.2, 0.25) is 0 Å². The van der Waals surface area contributed by atoms with E-state index in [2.05, 4.69) is 15.8 Å². The smallest absolute Gasteiger partial charge is 0.269 e. The predicted octanol–water partition coefficient (Wildman–Crippen LogP) is 3.20. The van der Waals surface area contributed by atoms with Crippen LogP contribution in [0.4, 0.5) is 10.8 Å². The topological polar surface area (TPSA) is 116 Å². The number of fused-ring (bicyclic) bond motifs is 1. The third-order valence-electron chi connectivity index (χ3n) is 3.80. The van der Waals surface area contributed by atoms with Crippen molar-refractivity contribution in [3.8, 4) is 22.8 Å². The monoisotopic (exact) mass is 384 g/mol. The van der Waals surface area contributed by atoms with Gasteiger partial charge in [0.15, 0.2) is 11.5 Å². The number of hydrogen-bond donors (Lipinski definition) is 2. The van der Waals surface area contributed by atoms with Crippen molar-refractivity contribution in [3.05, 3.63) is 63.5 Å². The highest BCUT2D eigenvalue weighted by Crippen LogP contribution is 2.32. The Bertz CT molecular complexity index is 1020. The first kappa shape index (κ1) is 16.8. The number of amides is 1. The van der Waals surface area contributed by atoms with Crippen molar-refractivity contribution >= 4 is 28.1 Å². The molecule has 2 heterocycles. The predicted molar refractivity (Wildman–Crippen MR) is 97.9 cm³/mol. The Hall–Kier alpha value is -3.66. The fraction of sp³-hybridized carbons (Fsp3) is 0.0588. The largest absolute Gasteiger partial charge is 0.454 e. The lowest BCUT2D eigenvalue weighted by Crippen LogP contribution is -2.29. The van der Waals surface area contributed by atoms with Crippen molar-refractivity contribution < 1.29 is 19.2 Å². The van der Waals surface area contributed by atoms with Gasteiger partial charge < -0.3 is 9.47 Å². The summed E-state index contributed by atoms with van der Waals surface area (Å²) in [5.74, 6) is 0.782. The maximum Gasteiger partial charge on any atom is 0.269 e. The number of rotatable bonds is 5. The standard InChI is InChI=1S/C17H12N4O5S/c22-16(11-3-6-14-15(7-11)26-9-25-14)19-20-17-18-13(8-27-17)10-1-4-12(5-2-10)21(23)24/h1-8H,9H2,(H,18,20)(H,19,22). The summed E-state index contributed by atoms with van der Waals surface area (Å²) in [6.45, 7) is 0.142. The molecular formula is C17H12N4O5S. The van der Waals surface area contributed by atoms with Crippen LogP contribution in [0.15, 0.2) is 47.8 Å². The Morgan fingerprint density at radius 2 is 1.93 bits per heavy atom. The van der Waals surface area contributed by atoms with Gasteiger partial charge >= 0.3 is 0 Å². The van der Waals surface area contributed by atoms with Gasteiger partial charge in [-0.1, -0.05) is 0 Å². The van der Waals surface area contributed by atoms with E-state index < -0.39 is 4.92 Å². The van der Waals surface area contributed by atoms with E-state index >= 15 is 0 Å². The van der Waals surface area contributed by atoms with Crippen LogP contribution in [0.1, 0.15) is 10.4 Å². The molecule has 0 unspecified atom stereocenters. The number of non-ortho nitro benzene ring substituents is 1. The Balaban J connectivity index is 1.40. The quantitative estimate of drug-likeness (QED) is 0.512. The average molecular weight is 384 g/mol. The highest BCUT2D eigenvalue weighted by molar-refractivity contribution is 7.14. The molecule has 1 aromatic heterocycles. The van der Waals surface area contributed by atoms with Crippen molar-refractivity contribution in [2.24, 2.45) is 0 Å². The zero-order chi connectivity index (χ0) is 18.8. The lowest BCUT2D eigenvalue weighted by atomic mass is 10.1. The molecule has 9 nitrogen and oxygen atoms in total. The molecule has 0 atom stereocenters. The summed E-state index contributed by atoms with van der Waals surface area (Å²) >= 11 is 1.30. The highest BCUT2D eigenvalue weighted by atomic mass is 32.1. The van der Waals surface area contributed by atoms with E-state index in [1.54, 1.807) is 35.7 Å². The number of nitro groups is 1. The number of anilines is 1. The number of carbonyl (C=O) groups is 1. The van der Waals surface area contributed by atoms with Crippen LogP contribution in [0, 0.1) is 10.1 Å². The van der Waals surface area contributed by atoms with Crippen molar-refractivity contribution in [1.29, 1.82) is 0 Å². The molecule has 0 radical (unpaired) electrons. The van der Waals surface area contributed by atoms with Crippen LogP contribution >= 0.6 is 11.3 Å². The number of carbonyl (C=O) groups excluding carboxylic acids is 1. The number of hydrazine groups is 1. The molecule has 0 saturated heterocycles. The van der Waals surface area contributed by atoms with Crippen LogP contribution in [0.5, 0.6) is 11.5 Å². The van der Waals surface area contributed by atoms with Gasteiger partial charge in [0.05, 0.1) is 10.6 Å². The first-order valence-corrected chi connectivity index (χ1v) is 8.64. The number of nitro benzene ring substituents is 1. The second kappa shape index (κ2) is 6.92. The first-order valence-electron chi connectivity index (χ1n) is 7.76. The Morgan fingerprint density at radius 1 is 1.15 bits per heavy atom. The van der Waals surface area contributed by atoms with Gasteiger partial charge in [0.2, 0.25) is 11.9 Å². The lowest BCUT2D eigenvalue weighted by molar-refractivity contribution is -0.384. The van der Waals surface area contributed by atoms with Gasteiger partial charge in [-0.3, -0.25) is 25.8 Å². The van der Waals surface area contributed by atoms with Crippen LogP contribution < -0.4 is 20.3 Å². The summed E-state index contributed by atoms with van der Waals surface area (Å²) in [5, 5.41) is 13.0. The molecule has 1 aliphatic rings. The van der Waals surface area contributed by atoms with Crippen molar-refractivity contribution in [2.75, 3.05) is 12.2 Å². The van der Waals surface area contributed by atoms with Gasteiger partial charge in [-0.25, -0.2) is 4.98 Å². The molecule has 3 aromatic rings. The summed E-state index contributed by atoms with van der Waals surface area (Å²) < 4.78 is 10.5. The molecule has 4 rings (SSSR count). The van der Waals surface area contributed by atoms with E-state index in [-0.39, 0.29) is 18.4 Å². The summed E-state index contributed by atoms with van der Waals surface area (Å²) in [7, 11) is 0. The molecule has 27 heavy (non-hydrogen) atoms. The van der Waals surface area contributed by atoms with Gasteiger partial charge in [-0.2, -0.15) is 0 Å². The minimum Gasteiger partial charge on any atom is -0.454 e. The molecular weight excluding hydrogens is 372 g/mol. The van der Waals surface area contributed by atoms with Gasteiger partial charge in [0.1, 0.15) is 0 Å². The minimum atomic E-state index is -0.455. The molecule has 0 spiro atoms. The molecule has 0 saturated carbocycles. The van der Waals surface area contributed by atoms with Crippen LogP contribution in [-0.2, 0) is 0 Å². The Kier molecular flexibility index (Phi) is 4.30. The van der Waals surface area contributed by atoms with Gasteiger partial charge in [-0.15, -0.1) is 11.3 Å². The zero-order valence-corrected chi connectivity index (χ0v) is 14.5. The normalized spacial score (nSPS) is 11.9. The van der Waals surface area contributed by atoms with E-state index in [9.17, 15) is 14.9 Å². The summed E-state index contributed by atoms with van der Waals surface area (Å²) in [6, 6.07) is 11.0. The third kappa shape index (κ3) is 3.51. The molecule has 1 amide bonds. The second-order valence-corrected chi connectivity index (χ2v) is 6.35. The number of hydrogen-bond acceptors (Lipinski definition) is 8. The second-order valence-electron chi connectivity index (χ2n) is 5.49. The summed E-state index contributed by atoms with van der Waals surface area (Å²) in [5.41, 5.74) is 7.15. The highest BCUT2D eigenvalue weighted by Gasteiger charge is 2.16. The fourth-order valence-corrected chi connectivity index (χ4v) is 3.11. The Labute approximate surface area is 156 Å². The third-order valence-corrected chi connectivity index (χ3v) is 4.55. The summed E-state index contributed by atoms with van der Waals surface area (Å²) in [6.07, 6.45) is 0. The van der Waals surface area contributed by atoms with E-state index in [0.29, 0.717) is 27.9 Å². The summed E-state index contributed by atoms with van der Waals surface area (Å²) in [4.78, 5) is 26.8. The number of thiazole rings is 1. The maximum absolute atomic E-state index is 12.2.